The summed E-state index contributed by atoms with van der Waals surface area (Å²) < 4.78 is 0. The molecular formula is C19H30N2. The van der Waals surface area contributed by atoms with E-state index in [0.717, 1.165) is 6.54 Å². The van der Waals surface area contributed by atoms with Gasteiger partial charge in [0.05, 0.1) is 0 Å². The van der Waals surface area contributed by atoms with Gasteiger partial charge in [0.15, 0.2) is 0 Å². The molecule has 0 amide bonds. The molecule has 0 aromatic heterocycles. The van der Waals surface area contributed by atoms with Crippen molar-refractivity contribution in [2.75, 3.05) is 24.5 Å². The first-order valence-electron chi connectivity index (χ1n) is 8.81. The Morgan fingerprint density at radius 1 is 1.10 bits per heavy atom. The van der Waals surface area contributed by atoms with E-state index in [-0.39, 0.29) is 0 Å². The highest BCUT2D eigenvalue weighted by Gasteiger charge is 2.37. The molecule has 2 heteroatoms. The van der Waals surface area contributed by atoms with E-state index in [1.807, 2.05) is 0 Å². The number of benzene rings is 1. The lowest BCUT2D eigenvalue weighted by atomic mass is 9.77. The zero-order valence-electron chi connectivity index (χ0n) is 13.7. The number of para-hydroxylation sites is 1. The highest BCUT2D eigenvalue weighted by Crippen LogP contribution is 2.47. The number of anilines is 1. The van der Waals surface area contributed by atoms with Crippen molar-refractivity contribution in [3.8, 4) is 0 Å². The predicted octanol–water partition coefficient (Wildman–Crippen LogP) is 4.52. The van der Waals surface area contributed by atoms with Gasteiger partial charge in [0.25, 0.3) is 0 Å². The minimum atomic E-state index is 0.438. The Bertz CT molecular complexity index is 452. The fourth-order valence-corrected chi connectivity index (χ4v) is 4.40. The first-order valence-corrected chi connectivity index (χ1v) is 8.81. The van der Waals surface area contributed by atoms with Crippen LogP contribution in [0, 0.1) is 5.41 Å². The minimum Gasteiger partial charge on any atom is -0.371 e. The summed E-state index contributed by atoms with van der Waals surface area (Å²) in [5, 5.41) is 3.56. The Hall–Kier alpha value is -1.02. The minimum absolute atomic E-state index is 0.438. The van der Waals surface area contributed by atoms with Gasteiger partial charge in [-0.25, -0.2) is 0 Å². The van der Waals surface area contributed by atoms with Gasteiger partial charge in [-0.2, -0.15) is 0 Å². The summed E-state index contributed by atoms with van der Waals surface area (Å²) in [6.45, 7) is 7.99. The Labute approximate surface area is 129 Å². The highest BCUT2D eigenvalue weighted by molar-refractivity contribution is 5.55. The second-order valence-electron chi connectivity index (χ2n) is 7.03. The van der Waals surface area contributed by atoms with Crippen LogP contribution in [0.15, 0.2) is 24.3 Å². The summed E-state index contributed by atoms with van der Waals surface area (Å²) in [6, 6.07) is 9.42. The van der Waals surface area contributed by atoms with Gasteiger partial charge in [-0.15, -0.1) is 0 Å². The average molecular weight is 286 g/mol. The summed E-state index contributed by atoms with van der Waals surface area (Å²) in [4.78, 5) is 2.63. The number of piperidine rings is 1. The largest absolute Gasteiger partial charge is 0.371 e. The zero-order chi connectivity index (χ0) is 14.7. The molecule has 2 nitrogen and oxygen atoms in total. The van der Waals surface area contributed by atoms with E-state index < -0.39 is 0 Å². The van der Waals surface area contributed by atoms with E-state index in [2.05, 4.69) is 48.3 Å². The van der Waals surface area contributed by atoms with Crippen molar-refractivity contribution in [2.45, 2.75) is 58.4 Å². The lowest BCUT2D eigenvalue weighted by Crippen LogP contribution is -2.39. The molecule has 116 valence electrons. The van der Waals surface area contributed by atoms with Crippen molar-refractivity contribution >= 4 is 5.69 Å². The molecule has 1 N–H and O–H groups in total. The van der Waals surface area contributed by atoms with Gasteiger partial charge in [0, 0.05) is 24.8 Å². The average Bonchev–Trinajstić information content (AvgIpc) is 2.97. The summed E-state index contributed by atoms with van der Waals surface area (Å²) >= 11 is 0. The molecule has 1 saturated heterocycles. The van der Waals surface area contributed by atoms with E-state index >= 15 is 0 Å². The number of nitrogens with one attached hydrogen (secondary N) is 1. The molecule has 1 unspecified atom stereocenters. The van der Waals surface area contributed by atoms with Crippen LogP contribution in [0.25, 0.3) is 0 Å². The van der Waals surface area contributed by atoms with E-state index in [9.17, 15) is 0 Å². The Morgan fingerprint density at radius 3 is 2.43 bits per heavy atom. The monoisotopic (exact) mass is 286 g/mol. The lowest BCUT2D eigenvalue weighted by molar-refractivity contribution is 0.226. The fraction of sp³-hybridized carbons (Fsp3) is 0.684. The number of nitrogens with zero attached hydrogens (tertiary/aromatic N) is 1. The smallest absolute Gasteiger partial charge is 0.0414 e. The van der Waals surface area contributed by atoms with E-state index in [1.54, 1.807) is 0 Å². The first-order chi connectivity index (χ1) is 10.2. The summed E-state index contributed by atoms with van der Waals surface area (Å²) in [5.74, 6) is 0. The molecule has 3 rings (SSSR count). The van der Waals surface area contributed by atoms with E-state index in [0.29, 0.717) is 11.5 Å². The van der Waals surface area contributed by atoms with Crippen molar-refractivity contribution in [3.05, 3.63) is 29.8 Å². The Balaban J connectivity index is 1.73. The summed E-state index contributed by atoms with van der Waals surface area (Å²) in [6.07, 6.45) is 8.70. The van der Waals surface area contributed by atoms with Gasteiger partial charge in [0.2, 0.25) is 0 Å². The SMILES string of the molecule is CCNC(C)c1ccccc1N1CCC2(CCCC2)CC1. The number of hydrogen-bond donors (Lipinski definition) is 1. The Kier molecular flexibility index (Phi) is 4.54. The molecule has 2 fully saturated rings. The van der Waals surface area contributed by atoms with Crippen LogP contribution >= 0.6 is 0 Å². The molecule has 21 heavy (non-hydrogen) atoms. The maximum atomic E-state index is 3.56. The highest BCUT2D eigenvalue weighted by atomic mass is 15.1. The van der Waals surface area contributed by atoms with Gasteiger partial charge in [-0.3, -0.25) is 0 Å². The summed E-state index contributed by atoms with van der Waals surface area (Å²) in [7, 11) is 0. The molecule has 1 aliphatic carbocycles. The van der Waals surface area contributed by atoms with Crippen LogP contribution in [0.5, 0.6) is 0 Å². The van der Waals surface area contributed by atoms with Crippen LogP contribution in [0.4, 0.5) is 5.69 Å². The molecule has 1 saturated carbocycles. The molecule has 1 spiro atoms. The standard InChI is InChI=1S/C19H30N2/c1-3-20-16(2)17-8-4-5-9-18(17)21-14-12-19(13-15-21)10-6-7-11-19/h4-5,8-9,16,20H,3,6-7,10-15H2,1-2H3. The van der Waals surface area contributed by atoms with Crippen molar-refractivity contribution < 1.29 is 0 Å². The number of rotatable bonds is 4. The normalized spacial score (nSPS) is 22.7. The molecule has 1 atom stereocenters. The Morgan fingerprint density at radius 2 is 1.76 bits per heavy atom. The zero-order valence-corrected chi connectivity index (χ0v) is 13.7. The van der Waals surface area contributed by atoms with E-state index in [1.165, 1.54) is 62.9 Å². The topological polar surface area (TPSA) is 15.3 Å². The van der Waals surface area contributed by atoms with Crippen LogP contribution < -0.4 is 10.2 Å². The van der Waals surface area contributed by atoms with Gasteiger partial charge in [-0.05, 0) is 56.2 Å². The van der Waals surface area contributed by atoms with Crippen LogP contribution in [-0.4, -0.2) is 19.6 Å². The molecule has 1 aromatic carbocycles. The van der Waals surface area contributed by atoms with Crippen molar-refractivity contribution in [1.29, 1.82) is 0 Å². The predicted molar refractivity (Wildman–Crippen MR) is 90.9 cm³/mol. The second-order valence-corrected chi connectivity index (χ2v) is 7.03. The lowest BCUT2D eigenvalue weighted by Gasteiger charge is -2.41. The van der Waals surface area contributed by atoms with Crippen LogP contribution in [0.1, 0.15) is 64.0 Å². The third-order valence-electron chi connectivity index (χ3n) is 5.74. The molecule has 1 heterocycles. The van der Waals surface area contributed by atoms with E-state index in [4.69, 9.17) is 0 Å². The molecule has 1 aliphatic heterocycles. The molecular weight excluding hydrogens is 256 g/mol. The second kappa shape index (κ2) is 6.39. The van der Waals surface area contributed by atoms with Crippen molar-refractivity contribution in [2.24, 2.45) is 5.41 Å². The number of hydrogen-bond acceptors (Lipinski definition) is 2. The van der Waals surface area contributed by atoms with Crippen molar-refractivity contribution in [3.63, 3.8) is 0 Å². The molecule has 1 aromatic rings. The maximum Gasteiger partial charge on any atom is 0.0414 e. The third-order valence-corrected chi connectivity index (χ3v) is 5.74. The fourth-order valence-electron chi connectivity index (χ4n) is 4.40. The van der Waals surface area contributed by atoms with Gasteiger partial charge in [0.1, 0.15) is 0 Å². The van der Waals surface area contributed by atoms with Crippen molar-refractivity contribution in [1.82, 2.24) is 5.32 Å². The quantitative estimate of drug-likeness (QED) is 0.875. The van der Waals surface area contributed by atoms with Gasteiger partial charge < -0.3 is 10.2 Å². The van der Waals surface area contributed by atoms with Crippen LogP contribution in [-0.2, 0) is 0 Å². The molecule has 2 aliphatic rings. The van der Waals surface area contributed by atoms with Gasteiger partial charge in [-0.1, -0.05) is 38.0 Å². The van der Waals surface area contributed by atoms with Crippen LogP contribution in [0.2, 0.25) is 0 Å². The first kappa shape index (κ1) is 14.9. The van der Waals surface area contributed by atoms with Gasteiger partial charge >= 0.3 is 0 Å². The molecule has 0 bridgehead atoms. The molecule has 0 radical (unpaired) electrons. The summed E-state index contributed by atoms with van der Waals surface area (Å²) in [5.41, 5.74) is 3.62. The third kappa shape index (κ3) is 3.11. The van der Waals surface area contributed by atoms with Crippen LogP contribution in [0.3, 0.4) is 0 Å². The maximum absolute atomic E-state index is 3.56.